The molecule has 1 aromatic rings. The van der Waals surface area contributed by atoms with Gasteiger partial charge in [0.05, 0.1) is 0 Å². The molecule has 0 aromatic carbocycles. The van der Waals surface area contributed by atoms with Crippen LogP contribution in [0.3, 0.4) is 0 Å². The molecular weight excluding hydrogens is 226 g/mol. The van der Waals surface area contributed by atoms with E-state index in [1.165, 1.54) is 31.2 Å². The fourth-order valence-electron chi connectivity index (χ4n) is 3.87. The quantitative estimate of drug-likeness (QED) is 0.845. The average Bonchev–Trinajstić information content (AvgIpc) is 2.91. The number of rotatable bonds is 4. The van der Waals surface area contributed by atoms with Gasteiger partial charge in [-0.1, -0.05) is 19.8 Å². The van der Waals surface area contributed by atoms with Crippen LogP contribution >= 0.6 is 11.3 Å². The van der Waals surface area contributed by atoms with Crippen molar-refractivity contribution in [3.05, 3.63) is 21.9 Å². The molecular formula is C15H23NS. The van der Waals surface area contributed by atoms with E-state index in [0.717, 1.165) is 24.3 Å². The molecule has 2 heteroatoms. The van der Waals surface area contributed by atoms with Crippen LogP contribution in [0.25, 0.3) is 0 Å². The van der Waals surface area contributed by atoms with Gasteiger partial charge >= 0.3 is 0 Å². The van der Waals surface area contributed by atoms with Crippen LogP contribution in [-0.4, -0.2) is 6.54 Å². The third-order valence-electron chi connectivity index (χ3n) is 4.72. The maximum atomic E-state index is 3.75. The molecule has 2 fully saturated rings. The minimum atomic E-state index is 0.646. The monoisotopic (exact) mass is 249 g/mol. The predicted octanol–water partition coefficient (Wildman–Crippen LogP) is 4.14. The Kier molecular flexibility index (Phi) is 3.27. The van der Waals surface area contributed by atoms with E-state index in [9.17, 15) is 0 Å². The molecule has 1 nitrogen and oxygen atoms in total. The summed E-state index contributed by atoms with van der Waals surface area (Å²) in [4.78, 5) is 1.60. The Bertz CT molecular complexity index is 372. The second-order valence-electron chi connectivity index (χ2n) is 5.69. The minimum Gasteiger partial charge on any atom is -0.309 e. The summed E-state index contributed by atoms with van der Waals surface area (Å²) in [6.07, 6.45) is 5.92. The van der Waals surface area contributed by atoms with E-state index in [4.69, 9.17) is 0 Å². The van der Waals surface area contributed by atoms with Gasteiger partial charge in [0.25, 0.3) is 0 Å². The summed E-state index contributed by atoms with van der Waals surface area (Å²) in [5.74, 6) is 3.01. The van der Waals surface area contributed by atoms with Crippen LogP contribution in [0.4, 0.5) is 0 Å². The number of thiophene rings is 1. The van der Waals surface area contributed by atoms with Gasteiger partial charge in [0.2, 0.25) is 0 Å². The van der Waals surface area contributed by atoms with Crippen molar-refractivity contribution < 1.29 is 0 Å². The molecule has 0 spiro atoms. The van der Waals surface area contributed by atoms with E-state index in [1.807, 2.05) is 11.3 Å². The van der Waals surface area contributed by atoms with Crippen molar-refractivity contribution >= 4 is 11.3 Å². The Morgan fingerprint density at radius 2 is 2.06 bits per heavy atom. The SMILES string of the molecule is CCNC(c1sccc1C)C1C2CCCCC21. The van der Waals surface area contributed by atoms with Crippen LogP contribution in [0, 0.1) is 24.7 Å². The molecule has 94 valence electrons. The lowest BCUT2D eigenvalue weighted by Gasteiger charge is -2.18. The summed E-state index contributed by atoms with van der Waals surface area (Å²) in [5.41, 5.74) is 1.49. The molecule has 3 unspecified atom stereocenters. The molecule has 0 radical (unpaired) electrons. The number of aryl methyl sites for hydroxylation is 1. The summed E-state index contributed by atoms with van der Waals surface area (Å²) >= 11 is 1.95. The lowest BCUT2D eigenvalue weighted by molar-refractivity contribution is 0.462. The van der Waals surface area contributed by atoms with Gasteiger partial charge in [0.1, 0.15) is 0 Å². The Morgan fingerprint density at radius 3 is 2.59 bits per heavy atom. The van der Waals surface area contributed by atoms with Gasteiger partial charge in [-0.05, 0) is 61.1 Å². The van der Waals surface area contributed by atoms with Crippen LogP contribution in [0.15, 0.2) is 11.4 Å². The van der Waals surface area contributed by atoms with Crippen LogP contribution in [0.2, 0.25) is 0 Å². The van der Waals surface area contributed by atoms with E-state index in [1.54, 1.807) is 4.88 Å². The number of nitrogens with one attached hydrogen (secondary N) is 1. The van der Waals surface area contributed by atoms with Gasteiger partial charge in [0.15, 0.2) is 0 Å². The molecule has 0 saturated heterocycles. The molecule has 2 aliphatic rings. The maximum absolute atomic E-state index is 3.75. The number of fused-ring (bicyclic) bond motifs is 1. The van der Waals surface area contributed by atoms with Crippen molar-refractivity contribution in [2.75, 3.05) is 6.54 Å². The van der Waals surface area contributed by atoms with Crippen LogP contribution < -0.4 is 5.32 Å². The van der Waals surface area contributed by atoms with Gasteiger partial charge in [-0.3, -0.25) is 0 Å². The summed E-state index contributed by atoms with van der Waals surface area (Å²) in [6, 6.07) is 2.92. The predicted molar refractivity (Wildman–Crippen MR) is 74.4 cm³/mol. The molecule has 2 aliphatic carbocycles. The van der Waals surface area contributed by atoms with E-state index in [0.29, 0.717) is 6.04 Å². The fourth-order valence-corrected chi connectivity index (χ4v) is 4.93. The molecule has 1 N–H and O–H groups in total. The van der Waals surface area contributed by atoms with Crippen LogP contribution in [-0.2, 0) is 0 Å². The van der Waals surface area contributed by atoms with Gasteiger partial charge in [-0.15, -0.1) is 11.3 Å². The van der Waals surface area contributed by atoms with E-state index >= 15 is 0 Å². The fraction of sp³-hybridized carbons (Fsp3) is 0.733. The molecule has 1 heterocycles. The molecule has 3 atom stereocenters. The molecule has 0 aliphatic heterocycles. The second-order valence-corrected chi connectivity index (χ2v) is 6.64. The zero-order valence-electron chi connectivity index (χ0n) is 10.9. The van der Waals surface area contributed by atoms with Crippen molar-refractivity contribution in [2.45, 2.75) is 45.6 Å². The summed E-state index contributed by atoms with van der Waals surface area (Å²) < 4.78 is 0. The van der Waals surface area contributed by atoms with Gasteiger partial charge in [-0.25, -0.2) is 0 Å². The van der Waals surface area contributed by atoms with E-state index < -0.39 is 0 Å². The highest BCUT2D eigenvalue weighted by molar-refractivity contribution is 7.10. The minimum absolute atomic E-state index is 0.646. The highest BCUT2D eigenvalue weighted by Crippen LogP contribution is 2.60. The summed E-state index contributed by atoms with van der Waals surface area (Å²) in [6.45, 7) is 5.60. The Balaban J connectivity index is 1.79. The first-order chi connectivity index (χ1) is 8.33. The summed E-state index contributed by atoms with van der Waals surface area (Å²) in [5, 5.41) is 6.01. The Labute approximate surface area is 109 Å². The Morgan fingerprint density at radius 1 is 1.35 bits per heavy atom. The molecule has 17 heavy (non-hydrogen) atoms. The number of hydrogen-bond acceptors (Lipinski definition) is 2. The highest BCUT2D eigenvalue weighted by Gasteiger charge is 2.54. The lowest BCUT2D eigenvalue weighted by atomic mass is 10.0. The molecule has 0 amide bonds. The number of hydrogen-bond donors (Lipinski definition) is 1. The van der Waals surface area contributed by atoms with Crippen molar-refractivity contribution in [3.63, 3.8) is 0 Å². The van der Waals surface area contributed by atoms with E-state index in [2.05, 4.69) is 30.6 Å². The zero-order valence-corrected chi connectivity index (χ0v) is 11.7. The van der Waals surface area contributed by atoms with Crippen molar-refractivity contribution in [1.29, 1.82) is 0 Å². The molecule has 2 saturated carbocycles. The zero-order chi connectivity index (χ0) is 11.8. The molecule has 1 aromatic heterocycles. The van der Waals surface area contributed by atoms with Crippen molar-refractivity contribution in [3.8, 4) is 0 Å². The van der Waals surface area contributed by atoms with Crippen molar-refractivity contribution in [1.82, 2.24) is 5.32 Å². The smallest absolute Gasteiger partial charge is 0.0451 e. The summed E-state index contributed by atoms with van der Waals surface area (Å²) in [7, 11) is 0. The first kappa shape index (κ1) is 11.7. The highest BCUT2D eigenvalue weighted by atomic mass is 32.1. The third-order valence-corrected chi connectivity index (χ3v) is 5.82. The van der Waals surface area contributed by atoms with Crippen molar-refractivity contribution in [2.24, 2.45) is 17.8 Å². The first-order valence-electron chi connectivity index (χ1n) is 7.10. The molecule has 3 rings (SSSR count). The maximum Gasteiger partial charge on any atom is 0.0451 e. The average molecular weight is 249 g/mol. The first-order valence-corrected chi connectivity index (χ1v) is 7.98. The van der Waals surface area contributed by atoms with Gasteiger partial charge < -0.3 is 5.32 Å². The van der Waals surface area contributed by atoms with Crippen LogP contribution in [0.1, 0.15) is 49.1 Å². The standard InChI is InChI=1S/C15H23NS/c1-3-16-14(15-10(2)8-9-17-15)13-11-6-4-5-7-12(11)13/h8-9,11-14,16H,3-7H2,1-2H3. The topological polar surface area (TPSA) is 12.0 Å². The van der Waals surface area contributed by atoms with Gasteiger partial charge in [-0.2, -0.15) is 0 Å². The Hall–Kier alpha value is -0.340. The lowest BCUT2D eigenvalue weighted by Crippen LogP contribution is -2.23. The third kappa shape index (κ3) is 2.06. The van der Waals surface area contributed by atoms with E-state index in [-0.39, 0.29) is 0 Å². The largest absolute Gasteiger partial charge is 0.309 e. The molecule has 0 bridgehead atoms. The second kappa shape index (κ2) is 4.74. The van der Waals surface area contributed by atoms with Gasteiger partial charge in [0, 0.05) is 10.9 Å². The van der Waals surface area contributed by atoms with Crippen LogP contribution in [0.5, 0.6) is 0 Å². The normalized spacial score (nSPS) is 33.2.